The van der Waals surface area contributed by atoms with E-state index in [-0.39, 0.29) is 6.61 Å². The van der Waals surface area contributed by atoms with Crippen molar-refractivity contribution in [3.63, 3.8) is 0 Å². The predicted octanol–water partition coefficient (Wildman–Crippen LogP) is -0.0652. The van der Waals surface area contributed by atoms with Crippen molar-refractivity contribution in [2.24, 2.45) is 0 Å². The average Bonchev–Trinajstić information content (AvgIpc) is 2.86. The fourth-order valence-corrected chi connectivity index (χ4v) is 5.61. The molecule has 6 N–H and O–H groups in total. The summed E-state index contributed by atoms with van der Waals surface area (Å²) in [6.07, 6.45) is -8.98. The minimum atomic E-state index is -5.49. The standard InChI is InChI=1S/C17H31O21P3/c1-3-4-5-31-6-10-14(36-39(24,25)32-7-11(18)19)15(37-40(26,27)33-8-12(20)21)16(17(30-2)35-10)38-41(28,29)34-9-13(22)23/h10,14-17H,3-9H2,1-2H3,(H,18,19)(H,20,21)(H,22,23)(H,24,25)(H,26,27)(H,28,29)/t10-,14-,15+,16+,17+/m1/s1. The van der Waals surface area contributed by atoms with E-state index in [1.54, 1.807) is 0 Å². The number of carboxylic acid groups (broad SMARTS) is 3. The van der Waals surface area contributed by atoms with E-state index < -0.39 is 98.5 Å². The third-order valence-corrected chi connectivity index (χ3v) is 7.46. The van der Waals surface area contributed by atoms with Crippen molar-refractivity contribution in [2.75, 3.05) is 40.1 Å². The van der Waals surface area contributed by atoms with E-state index in [1.165, 1.54) is 0 Å². The monoisotopic (exact) mass is 664 g/mol. The molecule has 0 amide bonds. The number of phosphoric acid groups is 3. The Bertz CT molecular complexity index is 1020. The zero-order chi connectivity index (χ0) is 31.4. The molecule has 0 aromatic rings. The van der Waals surface area contributed by atoms with E-state index in [0.29, 0.717) is 12.8 Å². The molecular weight excluding hydrogens is 633 g/mol. The predicted molar refractivity (Wildman–Crippen MR) is 126 cm³/mol. The summed E-state index contributed by atoms with van der Waals surface area (Å²) < 4.78 is 81.3. The summed E-state index contributed by atoms with van der Waals surface area (Å²) in [5, 5.41) is 26.3. The van der Waals surface area contributed by atoms with Gasteiger partial charge in [-0.3, -0.25) is 27.1 Å². The Morgan fingerprint density at radius 1 is 0.732 bits per heavy atom. The molecule has 41 heavy (non-hydrogen) atoms. The topological polar surface area (TPSA) is 307 Å². The van der Waals surface area contributed by atoms with Crippen LogP contribution in [0.25, 0.3) is 0 Å². The minimum absolute atomic E-state index is 0.105. The highest BCUT2D eigenvalue weighted by molar-refractivity contribution is 7.48. The Balaban J connectivity index is 3.57. The molecule has 0 saturated carbocycles. The highest BCUT2D eigenvalue weighted by Crippen LogP contribution is 2.54. The first-order valence-corrected chi connectivity index (χ1v) is 15.8. The molecule has 1 aliphatic rings. The molecule has 0 aromatic carbocycles. The number of rotatable bonds is 21. The number of hydrogen-bond donors (Lipinski definition) is 6. The lowest BCUT2D eigenvalue weighted by Crippen LogP contribution is -2.61. The Morgan fingerprint density at radius 3 is 1.54 bits per heavy atom. The maximum absolute atomic E-state index is 12.6. The zero-order valence-corrected chi connectivity index (χ0v) is 24.2. The van der Waals surface area contributed by atoms with Crippen molar-refractivity contribution in [3.8, 4) is 0 Å². The van der Waals surface area contributed by atoms with E-state index in [9.17, 15) is 42.8 Å². The molecule has 8 atom stereocenters. The maximum Gasteiger partial charge on any atom is 0.473 e. The lowest BCUT2D eigenvalue weighted by atomic mass is 9.99. The molecule has 1 rings (SSSR count). The van der Waals surface area contributed by atoms with Crippen LogP contribution in [-0.4, -0.2) is 119 Å². The fraction of sp³-hybridized carbons (Fsp3) is 0.824. The molecule has 1 saturated heterocycles. The molecule has 0 radical (unpaired) electrons. The smallest absolute Gasteiger partial charge is 0.473 e. The van der Waals surface area contributed by atoms with E-state index in [0.717, 1.165) is 7.11 Å². The maximum atomic E-state index is 12.6. The van der Waals surface area contributed by atoms with Crippen LogP contribution in [0.4, 0.5) is 0 Å². The van der Waals surface area contributed by atoms with Crippen LogP contribution in [0, 0.1) is 0 Å². The average molecular weight is 664 g/mol. The van der Waals surface area contributed by atoms with E-state index in [2.05, 4.69) is 13.6 Å². The van der Waals surface area contributed by atoms with Gasteiger partial charge in [0, 0.05) is 13.7 Å². The second-order valence-electron chi connectivity index (χ2n) is 7.82. The van der Waals surface area contributed by atoms with Gasteiger partial charge in [-0.2, -0.15) is 0 Å². The number of phosphoric ester groups is 3. The Labute approximate surface area is 231 Å². The number of ether oxygens (including phenoxy) is 3. The summed E-state index contributed by atoms with van der Waals surface area (Å²) in [5.41, 5.74) is 0. The third-order valence-electron chi connectivity index (χ3n) is 4.57. The molecule has 24 heteroatoms. The van der Waals surface area contributed by atoms with Crippen molar-refractivity contribution >= 4 is 41.4 Å². The van der Waals surface area contributed by atoms with Crippen LogP contribution < -0.4 is 0 Å². The first-order valence-electron chi connectivity index (χ1n) is 11.3. The van der Waals surface area contributed by atoms with E-state index >= 15 is 0 Å². The highest BCUT2D eigenvalue weighted by Gasteiger charge is 2.55. The Kier molecular flexibility index (Phi) is 15.7. The van der Waals surface area contributed by atoms with Gasteiger partial charge in [-0.05, 0) is 6.42 Å². The second-order valence-corrected chi connectivity index (χ2v) is 12.0. The van der Waals surface area contributed by atoms with Gasteiger partial charge >= 0.3 is 41.4 Å². The van der Waals surface area contributed by atoms with E-state index in [4.69, 9.17) is 43.1 Å². The molecule has 240 valence electrons. The molecule has 1 fully saturated rings. The summed E-state index contributed by atoms with van der Waals surface area (Å²) in [7, 11) is -15.3. The van der Waals surface area contributed by atoms with Crippen LogP contribution in [0.1, 0.15) is 19.8 Å². The lowest BCUT2D eigenvalue weighted by Gasteiger charge is -2.45. The molecule has 0 aliphatic carbocycles. The number of methoxy groups -OCH3 is 1. The van der Waals surface area contributed by atoms with E-state index in [1.807, 2.05) is 6.92 Å². The third kappa shape index (κ3) is 14.6. The van der Waals surface area contributed by atoms with Gasteiger partial charge in [0.1, 0.15) is 24.4 Å². The number of hydrogen-bond acceptors (Lipinski definition) is 15. The number of carbonyl (C=O) groups is 3. The van der Waals surface area contributed by atoms with Gasteiger partial charge in [-0.15, -0.1) is 0 Å². The van der Waals surface area contributed by atoms with Gasteiger partial charge in [-0.1, -0.05) is 13.3 Å². The number of carboxylic acids is 3. The molecule has 3 unspecified atom stereocenters. The van der Waals surface area contributed by atoms with Crippen LogP contribution >= 0.6 is 23.5 Å². The van der Waals surface area contributed by atoms with Crippen LogP contribution in [0.2, 0.25) is 0 Å². The Morgan fingerprint density at radius 2 is 1.15 bits per heavy atom. The van der Waals surface area contributed by atoms with Crippen molar-refractivity contribution in [2.45, 2.75) is 50.5 Å². The normalized spacial score (nSPS) is 27.3. The molecule has 1 heterocycles. The first-order chi connectivity index (χ1) is 18.9. The number of aliphatic carboxylic acids is 3. The van der Waals surface area contributed by atoms with Gasteiger partial charge in [0.2, 0.25) is 0 Å². The van der Waals surface area contributed by atoms with Crippen LogP contribution in [0.3, 0.4) is 0 Å². The summed E-state index contributed by atoms with van der Waals surface area (Å²) in [6.45, 7) is -2.71. The SMILES string of the molecule is CCCCOC[C@H]1O[C@H](OC)[C@@H](OP(=O)(O)OCC(=O)O)[C@@H](OP(=O)(O)OCC(=O)O)[C@@H]1OP(=O)(O)OCC(=O)O. The van der Waals surface area contributed by atoms with Crippen LogP contribution in [0.15, 0.2) is 0 Å². The Hall–Kier alpha value is -1.38. The molecule has 0 aromatic heterocycles. The van der Waals surface area contributed by atoms with Crippen LogP contribution in [0.5, 0.6) is 0 Å². The van der Waals surface area contributed by atoms with Crippen molar-refractivity contribution in [1.82, 2.24) is 0 Å². The summed E-state index contributed by atoms with van der Waals surface area (Å²) >= 11 is 0. The van der Waals surface area contributed by atoms with Gasteiger partial charge < -0.3 is 44.2 Å². The first kappa shape index (κ1) is 37.6. The summed E-state index contributed by atoms with van der Waals surface area (Å²) in [4.78, 5) is 62.7. The fourth-order valence-electron chi connectivity index (χ4n) is 2.97. The van der Waals surface area contributed by atoms with Crippen LogP contribution in [-0.2, 0) is 69.4 Å². The molecular formula is C17H31O21P3. The quantitative estimate of drug-likeness (QED) is 0.0691. The van der Waals surface area contributed by atoms with Gasteiger partial charge in [0.15, 0.2) is 26.1 Å². The van der Waals surface area contributed by atoms with Gasteiger partial charge in [0.25, 0.3) is 0 Å². The molecule has 21 nitrogen and oxygen atoms in total. The van der Waals surface area contributed by atoms with Crippen molar-refractivity contribution in [3.05, 3.63) is 0 Å². The summed E-state index contributed by atoms with van der Waals surface area (Å²) in [6, 6.07) is 0. The zero-order valence-electron chi connectivity index (χ0n) is 21.5. The highest BCUT2D eigenvalue weighted by atomic mass is 31.2. The molecule has 0 bridgehead atoms. The number of unbranched alkanes of at least 4 members (excludes halogenated alkanes) is 1. The second kappa shape index (κ2) is 17.0. The van der Waals surface area contributed by atoms with Gasteiger partial charge in [0.05, 0.1) is 6.61 Å². The largest absolute Gasteiger partial charge is 0.480 e. The summed E-state index contributed by atoms with van der Waals surface area (Å²) in [5.74, 6) is -5.13. The minimum Gasteiger partial charge on any atom is -0.480 e. The van der Waals surface area contributed by atoms with Gasteiger partial charge in [-0.25, -0.2) is 28.1 Å². The molecule has 0 spiro atoms. The lowest BCUT2D eigenvalue weighted by molar-refractivity contribution is -0.287. The van der Waals surface area contributed by atoms with Crippen molar-refractivity contribution in [1.29, 1.82) is 0 Å². The molecule has 1 aliphatic heterocycles. The van der Waals surface area contributed by atoms with Crippen molar-refractivity contribution < 1.29 is 99.4 Å².